The van der Waals surface area contributed by atoms with Crippen molar-refractivity contribution in [3.8, 4) is 11.4 Å². The molecule has 2 aromatic rings. The second-order valence-corrected chi connectivity index (χ2v) is 7.25. The number of aryl methyl sites for hydroxylation is 1. The number of methoxy groups -OCH3 is 1. The van der Waals surface area contributed by atoms with Crippen molar-refractivity contribution in [3.63, 3.8) is 0 Å². The van der Waals surface area contributed by atoms with E-state index in [-0.39, 0.29) is 22.9 Å². The van der Waals surface area contributed by atoms with Crippen LogP contribution in [-0.4, -0.2) is 40.8 Å². The van der Waals surface area contributed by atoms with Crippen LogP contribution in [0.4, 0.5) is 0 Å². The number of para-hydroxylation sites is 1. The minimum Gasteiger partial charge on any atom is -0.494 e. The molecular weight excluding hydrogens is 330 g/mol. The summed E-state index contributed by atoms with van der Waals surface area (Å²) >= 11 is 0. The average molecular weight is 355 g/mol. The van der Waals surface area contributed by atoms with E-state index in [4.69, 9.17) is 4.74 Å². The molecule has 138 valence electrons. The van der Waals surface area contributed by atoms with Crippen molar-refractivity contribution in [3.05, 3.63) is 51.9 Å². The molecule has 0 unspecified atom stereocenters. The molecule has 0 spiro atoms. The average Bonchev–Trinajstić information content (AvgIpc) is 2.60. The van der Waals surface area contributed by atoms with Crippen LogP contribution in [0.5, 0.6) is 5.75 Å². The van der Waals surface area contributed by atoms with E-state index >= 15 is 0 Å². The van der Waals surface area contributed by atoms with Crippen LogP contribution in [0.3, 0.4) is 0 Å². The third kappa shape index (κ3) is 3.49. The van der Waals surface area contributed by atoms with Gasteiger partial charge in [-0.2, -0.15) is 9.78 Å². The highest BCUT2D eigenvalue weighted by atomic mass is 16.5. The summed E-state index contributed by atoms with van der Waals surface area (Å²) in [6.07, 6.45) is 1.11. The molecule has 6 nitrogen and oxygen atoms in total. The van der Waals surface area contributed by atoms with Crippen molar-refractivity contribution in [2.45, 2.75) is 27.2 Å². The Morgan fingerprint density at radius 2 is 1.85 bits per heavy atom. The van der Waals surface area contributed by atoms with E-state index in [9.17, 15) is 9.59 Å². The van der Waals surface area contributed by atoms with Gasteiger partial charge >= 0.3 is 0 Å². The Morgan fingerprint density at radius 1 is 1.19 bits per heavy atom. The van der Waals surface area contributed by atoms with Gasteiger partial charge in [-0.05, 0) is 36.8 Å². The molecule has 2 atom stereocenters. The summed E-state index contributed by atoms with van der Waals surface area (Å²) in [6.45, 7) is 7.59. The molecule has 0 radical (unpaired) electrons. The largest absolute Gasteiger partial charge is 0.494 e. The Kier molecular flexibility index (Phi) is 5.11. The van der Waals surface area contributed by atoms with Crippen molar-refractivity contribution in [1.29, 1.82) is 0 Å². The lowest BCUT2D eigenvalue weighted by Crippen LogP contribution is -2.43. The van der Waals surface area contributed by atoms with Crippen molar-refractivity contribution >= 4 is 5.91 Å². The normalized spacial score (nSPS) is 20.1. The van der Waals surface area contributed by atoms with Gasteiger partial charge in [0.15, 0.2) is 11.4 Å². The molecule has 1 fully saturated rings. The molecule has 1 aromatic heterocycles. The first kappa shape index (κ1) is 18.2. The quantitative estimate of drug-likeness (QED) is 0.849. The van der Waals surface area contributed by atoms with Gasteiger partial charge in [0.05, 0.1) is 18.9 Å². The van der Waals surface area contributed by atoms with Gasteiger partial charge in [0.1, 0.15) is 0 Å². The smallest absolute Gasteiger partial charge is 0.278 e. The molecule has 0 bridgehead atoms. The molecule has 2 heterocycles. The lowest BCUT2D eigenvalue weighted by Gasteiger charge is -2.34. The summed E-state index contributed by atoms with van der Waals surface area (Å²) in [5.41, 5.74) is 1.42. The molecule has 1 aromatic carbocycles. The molecule has 0 aliphatic carbocycles. The topological polar surface area (TPSA) is 64.4 Å². The number of nitrogens with zero attached hydrogens (tertiary/aromatic N) is 3. The molecule has 0 saturated carbocycles. The van der Waals surface area contributed by atoms with Gasteiger partial charge in [-0.15, -0.1) is 0 Å². The fourth-order valence-electron chi connectivity index (χ4n) is 3.70. The Hall–Kier alpha value is -2.63. The molecule has 1 amide bonds. The van der Waals surface area contributed by atoms with Crippen LogP contribution in [0.1, 0.15) is 36.3 Å². The zero-order valence-electron chi connectivity index (χ0n) is 15.7. The maximum atomic E-state index is 13.1. The standard InChI is InChI=1S/C20H25N3O3/c1-13-9-14(2)12-22(11-13)20(25)19-17(26-4)10-18(24)23(21-19)16-8-6-5-7-15(16)3/h5-8,10,13-14H,9,11-12H2,1-4H3/t13-,14+. The van der Waals surface area contributed by atoms with Gasteiger partial charge in [0.25, 0.3) is 11.5 Å². The first-order chi connectivity index (χ1) is 12.4. The minimum atomic E-state index is -0.326. The van der Waals surface area contributed by atoms with Gasteiger partial charge in [-0.1, -0.05) is 32.0 Å². The molecule has 6 heteroatoms. The summed E-state index contributed by atoms with van der Waals surface area (Å²) in [6, 6.07) is 8.80. The SMILES string of the molecule is COc1cc(=O)n(-c2ccccc2C)nc1C(=O)N1C[C@H](C)C[C@H](C)C1. The Balaban J connectivity index is 2.06. The number of aromatic nitrogens is 2. The van der Waals surface area contributed by atoms with Crippen molar-refractivity contribution < 1.29 is 9.53 Å². The molecule has 26 heavy (non-hydrogen) atoms. The van der Waals surface area contributed by atoms with Crippen LogP contribution in [0, 0.1) is 18.8 Å². The van der Waals surface area contributed by atoms with E-state index in [2.05, 4.69) is 18.9 Å². The first-order valence-electron chi connectivity index (χ1n) is 8.94. The predicted molar refractivity (Wildman–Crippen MR) is 100.0 cm³/mol. The van der Waals surface area contributed by atoms with Gasteiger partial charge in [-0.3, -0.25) is 9.59 Å². The van der Waals surface area contributed by atoms with Gasteiger partial charge in [0, 0.05) is 13.1 Å². The highest BCUT2D eigenvalue weighted by Crippen LogP contribution is 2.24. The lowest BCUT2D eigenvalue weighted by atomic mass is 9.92. The maximum absolute atomic E-state index is 13.1. The highest BCUT2D eigenvalue weighted by molar-refractivity contribution is 5.94. The number of benzene rings is 1. The summed E-state index contributed by atoms with van der Waals surface area (Å²) in [5, 5.41) is 4.39. The minimum absolute atomic E-state index is 0.177. The van der Waals surface area contributed by atoms with Gasteiger partial charge in [-0.25, -0.2) is 0 Å². The van der Waals surface area contributed by atoms with Crippen molar-refractivity contribution in [2.75, 3.05) is 20.2 Å². The summed E-state index contributed by atoms with van der Waals surface area (Å²) < 4.78 is 6.57. The molecule has 1 aliphatic rings. The molecular formula is C20H25N3O3. The van der Waals surface area contributed by atoms with Crippen LogP contribution >= 0.6 is 0 Å². The zero-order valence-corrected chi connectivity index (χ0v) is 15.7. The van der Waals surface area contributed by atoms with E-state index in [0.717, 1.165) is 12.0 Å². The number of carbonyl (C=O) groups is 1. The second-order valence-electron chi connectivity index (χ2n) is 7.25. The third-order valence-electron chi connectivity index (χ3n) is 4.82. The number of carbonyl (C=O) groups excluding carboxylic acids is 1. The summed E-state index contributed by atoms with van der Waals surface area (Å²) in [7, 11) is 1.45. The second kappa shape index (κ2) is 7.32. The molecule has 1 saturated heterocycles. The number of likely N-dealkylation sites (tertiary alicyclic amines) is 1. The van der Waals surface area contributed by atoms with Crippen molar-refractivity contribution in [1.82, 2.24) is 14.7 Å². The number of hydrogen-bond acceptors (Lipinski definition) is 4. The van der Waals surface area contributed by atoms with Gasteiger partial charge < -0.3 is 9.64 Å². The Morgan fingerprint density at radius 3 is 2.46 bits per heavy atom. The van der Waals surface area contributed by atoms with Gasteiger partial charge in [0.2, 0.25) is 0 Å². The van der Waals surface area contributed by atoms with E-state index < -0.39 is 0 Å². The highest BCUT2D eigenvalue weighted by Gasteiger charge is 2.29. The zero-order chi connectivity index (χ0) is 18.8. The number of ether oxygens (including phenoxy) is 1. The van der Waals surface area contributed by atoms with E-state index in [1.165, 1.54) is 17.9 Å². The van der Waals surface area contributed by atoms with Crippen LogP contribution in [0.25, 0.3) is 5.69 Å². The third-order valence-corrected chi connectivity index (χ3v) is 4.82. The fraction of sp³-hybridized carbons (Fsp3) is 0.450. The number of piperidine rings is 1. The maximum Gasteiger partial charge on any atom is 0.278 e. The fourth-order valence-corrected chi connectivity index (χ4v) is 3.70. The first-order valence-corrected chi connectivity index (χ1v) is 8.94. The van der Waals surface area contributed by atoms with Crippen LogP contribution in [0.15, 0.2) is 35.1 Å². The van der Waals surface area contributed by atoms with E-state index in [0.29, 0.717) is 30.6 Å². The molecule has 0 N–H and O–H groups in total. The van der Waals surface area contributed by atoms with Crippen LogP contribution in [-0.2, 0) is 0 Å². The number of rotatable bonds is 3. The Bertz CT molecular complexity index is 865. The summed E-state index contributed by atoms with van der Waals surface area (Å²) in [5.74, 6) is 0.908. The summed E-state index contributed by atoms with van der Waals surface area (Å²) in [4.78, 5) is 27.4. The Labute approximate surface area is 153 Å². The lowest BCUT2D eigenvalue weighted by molar-refractivity contribution is 0.0611. The van der Waals surface area contributed by atoms with Crippen molar-refractivity contribution in [2.24, 2.45) is 11.8 Å². The monoisotopic (exact) mass is 355 g/mol. The molecule has 3 rings (SSSR count). The van der Waals surface area contributed by atoms with E-state index in [1.54, 1.807) is 0 Å². The van der Waals surface area contributed by atoms with Crippen LogP contribution in [0.2, 0.25) is 0 Å². The van der Waals surface area contributed by atoms with Crippen LogP contribution < -0.4 is 10.3 Å². The number of amides is 1. The predicted octanol–water partition coefficient (Wildman–Crippen LogP) is 2.67. The van der Waals surface area contributed by atoms with E-state index in [1.807, 2.05) is 36.1 Å². The number of hydrogen-bond donors (Lipinski definition) is 0. The molecule has 1 aliphatic heterocycles.